The molecule has 1 amide bonds. The van der Waals surface area contributed by atoms with Crippen molar-refractivity contribution in [3.05, 3.63) is 36.0 Å². The number of fused-ring (bicyclic) bond motifs is 1. The smallest absolute Gasteiger partial charge is 0.253 e. The van der Waals surface area contributed by atoms with Crippen LogP contribution in [-0.2, 0) is 0 Å². The van der Waals surface area contributed by atoms with Crippen molar-refractivity contribution < 1.29 is 4.79 Å². The quantitative estimate of drug-likeness (QED) is 0.751. The van der Waals surface area contributed by atoms with Gasteiger partial charge in [0.2, 0.25) is 0 Å². The van der Waals surface area contributed by atoms with E-state index >= 15 is 0 Å². The minimum Gasteiger partial charge on any atom is -0.361 e. The summed E-state index contributed by atoms with van der Waals surface area (Å²) in [6.07, 6.45) is 6.56. The molecule has 0 fully saturated rings. The number of carbonyl (C=O) groups is 1. The molecule has 0 saturated heterocycles. The number of para-hydroxylation sites is 1. The van der Waals surface area contributed by atoms with Crippen molar-refractivity contribution in [2.24, 2.45) is 0 Å². The van der Waals surface area contributed by atoms with Crippen LogP contribution in [0.15, 0.2) is 30.5 Å². The molecule has 0 atom stereocenters. The van der Waals surface area contributed by atoms with Gasteiger partial charge in [-0.3, -0.25) is 4.79 Å². The molecule has 2 aromatic rings. The number of aromatic amines is 1. The second-order valence-corrected chi connectivity index (χ2v) is 4.56. The highest BCUT2D eigenvalue weighted by Crippen LogP contribution is 2.16. The lowest BCUT2D eigenvalue weighted by atomic mass is 10.1. The van der Waals surface area contributed by atoms with Gasteiger partial charge in [-0.1, -0.05) is 38.3 Å². The standard InChI is InChI=1S/C15H20N2O/c1-2-3-4-5-10-17-15(18)13-8-6-7-12-9-11-16-14(12)13/h6-9,11,16H,2-5,10H2,1H3,(H,17,18). The summed E-state index contributed by atoms with van der Waals surface area (Å²) in [4.78, 5) is 15.2. The third-order valence-corrected chi connectivity index (χ3v) is 3.15. The zero-order valence-electron chi connectivity index (χ0n) is 10.8. The van der Waals surface area contributed by atoms with Crippen molar-refractivity contribution in [2.75, 3.05) is 6.54 Å². The average molecular weight is 244 g/mol. The van der Waals surface area contributed by atoms with Gasteiger partial charge in [0, 0.05) is 18.1 Å². The first kappa shape index (κ1) is 12.7. The van der Waals surface area contributed by atoms with Gasteiger partial charge in [0.1, 0.15) is 0 Å². The number of benzene rings is 1. The Morgan fingerprint density at radius 2 is 2.11 bits per heavy atom. The Balaban J connectivity index is 1.94. The summed E-state index contributed by atoms with van der Waals surface area (Å²) < 4.78 is 0. The Morgan fingerprint density at radius 3 is 2.94 bits per heavy atom. The van der Waals surface area contributed by atoms with E-state index < -0.39 is 0 Å². The van der Waals surface area contributed by atoms with Crippen LogP contribution in [-0.4, -0.2) is 17.4 Å². The molecular weight excluding hydrogens is 224 g/mol. The summed E-state index contributed by atoms with van der Waals surface area (Å²) in [5, 5.41) is 4.06. The molecule has 0 aliphatic rings. The zero-order valence-corrected chi connectivity index (χ0v) is 10.8. The third kappa shape index (κ3) is 2.92. The SMILES string of the molecule is CCCCCCNC(=O)c1cccc2cc[nH]c12. The number of rotatable bonds is 6. The van der Waals surface area contributed by atoms with Crippen LogP contribution < -0.4 is 5.32 Å². The first-order valence-corrected chi connectivity index (χ1v) is 6.67. The Hall–Kier alpha value is -1.77. The monoisotopic (exact) mass is 244 g/mol. The van der Waals surface area contributed by atoms with Crippen LogP contribution in [0.25, 0.3) is 10.9 Å². The molecule has 96 valence electrons. The maximum absolute atomic E-state index is 12.1. The molecule has 1 aromatic heterocycles. The second kappa shape index (κ2) is 6.24. The van der Waals surface area contributed by atoms with Gasteiger partial charge in [-0.25, -0.2) is 0 Å². The van der Waals surface area contributed by atoms with E-state index in [9.17, 15) is 4.79 Å². The number of aromatic nitrogens is 1. The van der Waals surface area contributed by atoms with Crippen LogP contribution in [0, 0.1) is 0 Å². The van der Waals surface area contributed by atoms with E-state index in [0.717, 1.165) is 29.4 Å². The van der Waals surface area contributed by atoms with Gasteiger partial charge in [0.05, 0.1) is 11.1 Å². The summed E-state index contributed by atoms with van der Waals surface area (Å²) >= 11 is 0. The van der Waals surface area contributed by atoms with Crippen molar-refractivity contribution in [1.82, 2.24) is 10.3 Å². The number of hydrogen-bond donors (Lipinski definition) is 2. The number of hydrogen-bond acceptors (Lipinski definition) is 1. The van der Waals surface area contributed by atoms with Gasteiger partial charge in [-0.15, -0.1) is 0 Å². The van der Waals surface area contributed by atoms with Gasteiger partial charge in [-0.2, -0.15) is 0 Å². The van der Waals surface area contributed by atoms with E-state index in [0.29, 0.717) is 0 Å². The van der Waals surface area contributed by atoms with Crippen molar-refractivity contribution in [3.63, 3.8) is 0 Å². The van der Waals surface area contributed by atoms with Crippen molar-refractivity contribution in [1.29, 1.82) is 0 Å². The second-order valence-electron chi connectivity index (χ2n) is 4.56. The van der Waals surface area contributed by atoms with Crippen LogP contribution in [0.2, 0.25) is 0 Å². The molecule has 0 aliphatic heterocycles. The van der Waals surface area contributed by atoms with Crippen LogP contribution in [0.5, 0.6) is 0 Å². The lowest BCUT2D eigenvalue weighted by Crippen LogP contribution is -2.24. The minimum absolute atomic E-state index is 0.0135. The van der Waals surface area contributed by atoms with Gasteiger partial charge >= 0.3 is 0 Å². The van der Waals surface area contributed by atoms with E-state index in [-0.39, 0.29) is 5.91 Å². The van der Waals surface area contributed by atoms with Gasteiger partial charge < -0.3 is 10.3 Å². The van der Waals surface area contributed by atoms with E-state index in [2.05, 4.69) is 17.2 Å². The molecule has 1 heterocycles. The Labute approximate surface area is 108 Å². The Morgan fingerprint density at radius 1 is 1.22 bits per heavy atom. The highest BCUT2D eigenvalue weighted by molar-refractivity contribution is 6.05. The maximum Gasteiger partial charge on any atom is 0.253 e. The number of nitrogens with one attached hydrogen (secondary N) is 2. The molecule has 3 heteroatoms. The van der Waals surface area contributed by atoms with Crippen molar-refractivity contribution >= 4 is 16.8 Å². The van der Waals surface area contributed by atoms with Crippen LogP contribution in [0.3, 0.4) is 0 Å². The Bertz CT molecular complexity index is 516. The highest BCUT2D eigenvalue weighted by atomic mass is 16.1. The predicted molar refractivity (Wildman–Crippen MR) is 74.8 cm³/mol. The summed E-state index contributed by atoms with van der Waals surface area (Å²) in [6.45, 7) is 2.94. The minimum atomic E-state index is 0.0135. The summed E-state index contributed by atoms with van der Waals surface area (Å²) in [7, 11) is 0. The fourth-order valence-electron chi connectivity index (χ4n) is 2.12. The van der Waals surface area contributed by atoms with E-state index in [1.54, 1.807) is 0 Å². The van der Waals surface area contributed by atoms with Gasteiger partial charge in [0.25, 0.3) is 5.91 Å². The molecule has 0 aliphatic carbocycles. The summed E-state index contributed by atoms with van der Waals surface area (Å²) in [5.74, 6) is 0.0135. The van der Waals surface area contributed by atoms with E-state index in [1.807, 2.05) is 30.5 Å². The first-order chi connectivity index (χ1) is 8.83. The summed E-state index contributed by atoms with van der Waals surface area (Å²) in [5.41, 5.74) is 1.65. The molecule has 0 saturated carbocycles. The highest BCUT2D eigenvalue weighted by Gasteiger charge is 2.09. The van der Waals surface area contributed by atoms with Crippen molar-refractivity contribution in [3.8, 4) is 0 Å². The third-order valence-electron chi connectivity index (χ3n) is 3.15. The van der Waals surface area contributed by atoms with Gasteiger partial charge in [0.15, 0.2) is 0 Å². The zero-order chi connectivity index (χ0) is 12.8. The Kier molecular flexibility index (Phi) is 4.40. The van der Waals surface area contributed by atoms with Crippen LogP contribution >= 0.6 is 0 Å². The molecule has 0 radical (unpaired) electrons. The topological polar surface area (TPSA) is 44.9 Å². The lowest BCUT2D eigenvalue weighted by Gasteiger charge is -2.06. The predicted octanol–water partition coefficient (Wildman–Crippen LogP) is 3.48. The van der Waals surface area contributed by atoms with E-state index in [4.69, 9.17) is 0 Å². The maximum atomic E-state index is 12.1. The molecule has 3 nitrogen and oxygen atoms in total. The first-order valence-electron chi connectivity index (χ1n) is 6.67. The molecule has 2 N–H and O–H groups in total. The normalized spacial score (nSPS) is 10.7. The van der Waals surface area contributed by atoms with Crippen LogP contribution in [0.4, 0.5) is 0 Å². The number of H-pyrrole nitrogens is 1. The molecule has 0 unspecified atom stereocenters. The molecule has 1 aromatic carbocycles. The molecule has 0 bridgehead atoms. The average Bonchev–Trinajstić information content (AvgIpc) is 2.86. The molecular formula is C15H20N2O. The number of unbranched alkanes of at least 4 members (excludes halogenated alkanes) is 3. The summed E-state index contributed by atoms with van der Waals surface area (Å²) in [6, 6.07) is 7.76. The fourth-order valence-corrected chi connectivity index (χ4v) is 2.12. The largest absolute Gasteiger partial charge is 0.361 e. The van der Waals surface area contributed by atoms with Crippen molar-refractivity contribution in [2.45, 2.75) is 32.6 Å². The molecule has 18 heavy (non-hydrogen) atoms. The van der Waals surface area contributed by atoms with Crippen LogP contribution in [0.1, 0.15) is 43.0 Å². The van der Waals surface area contributed by atoms with Gasteiger partial charge in [-0.05, 0) is 18.6 Å². The number of amides is 1. The number of carbonyl (C=O) groups excluding carboxylic acids is 1. The fraction of sp³-hybridized carbons (Fsp3) is 0.400. The lowest BCUT2D eigenvalue weighted by molar-refractivity contribution is 0.0954. The van der Waals surface area contributed by atoms with E-state index in [1.165, 1.54) is 19.3 Å². The molecule has 0 spiro atoms. The molecule has 2 rings (SSSR count).